The number of carbonyl (C=O) groups excluding carboxylic acids is 2. The first-order chi connectivity index (χ1) is 16.0. The molecule has 3 aromatic rings. The Morgan fingerprint density at radius 2 is 1.67 bits per heavy atom. The Bertz CT molecular complexity index is 1120. The van der Waals surface area contributed by atoms with Gasteiger partial charge in [-0.1, -0.05) is 54.6 Å². The van der Waals surface area contributed by atoms with Crippen LogP contribution in [0.25, 0.3) is 11.1 Å². The second-order valence-corrected chi connectivity index (χ2v) is 7.84. The Labute approximate surface area is 191 Å². The SMILES string of the molecule is COc1cc(C(O)C(O)CNC(=O)OCC2c3ccccc3-c3ccccc32)ccc1C=O. The molecule has 4 rings (SSSR count). The summed E-state index contributed by atoms with van der Waals surface area (Å²) in [7, 11) is 1.41. The van der Waals surface area contributed by atoms with Gasteiger partial charge in [0.1, 0.15) is 24.6 Å². The van der Waals surface area contributed by atoms with E-state index < -0.39 is 18.3 Å². The van der Waals surface area contributed by atoms with Crippen molar-refractivity contribution in [3.63, 3.8) is 0 Å². The van der Waals surface area contributed by atoms with E-state index in [4.69, 9.17) is 9.47 Å². The maximum absolute atomic E-state index is 12.3. The standard InChI is InChI=1S/C26H25NO6/c1-32-24-12-16(10-11-17(24)14-28)25(30)23(29)13-27-26(31)33-15-22-20-8-4-2-6-18(20)19-7-3-5-9-21(19)22/h2-12,14,22-23,25,29-30H,13,15H2,1H3,(H,27,31). The van der Waals surface area contributed by atoms with E-state index in [1.165, 1.54) is 25.3 Å². The Balaban J connectivity index is 1.34. The summed E-state index contributed by atoms with van der Waals surface area (Å²) in [5.41, 5.74) is 5.18. The number of hydrogen-bond donors (Lipinski definition) is 3. The molecule has 33 heavy (non-hydrogen) atoms. The van der Waals surface area contributed by atoms with Crippen molar-refractivity contribution in [3.05, 3.63) is 89.0 Å². The van der Waals surface area contributed by atoms with Crippen LogP contribution in [-0.4, -0.2) is 49.0 Å². The predicted molar refractivity (Wildman–Crippen MR) is 122 cm³/mol. The minimum absolute atomic E-state index is 0.0672. The van der Waals surface area contributed by atoms with Gasteiger partial charge >= 0.3 is 6.09 Å². The van der Waals surface area contributed by atoms with Crippen molar-refractivity contribution in [1.29, 1.82) is 0 Å². The van der Waals surface area contributed by atoms with E-state index in [-0.39, 0.29) is 19.1 Å². The summed E-state index contributed by atoms with van der Waals surface area (Å²) in [5.74, 6) is 0.223. The molecule has 3 N–H and O–H groups in total. The lowest BCUT2D eigenvalue weighted by Gasteiger charge is -2.20. The van der Waals surface area contributed by atoms with Gasteiger partial charge in [-0.15, -0.1) is 0 Å². The van der Waals surface area contributed by atoms with Gasteiger partial charge in [0, 0.05) is 12.5 Å². The van der Waals surface area contributed by atoms with Crippen molar-refractivity contribution in [1.82, 2.24) is 5.32 Å². The van der Waals surface area contributed by atoms with Crippen molar-refractivity contribution in [2.75, 3.05) is 20.3 Å². The number of aliphatic hydroxyl groups excluding tert-OH is 2. The molecule has 170 valence electrons. The van der Waals surface area contributed by atoms with Gasteiger partial charge in [-0.05, 0) is 39.9 Å². The van der Waals surface area contributed by atoms with E-state index in [1.54, 1.807) is 0 Å². The van der Waals surface area contributed by atoms with E-state index >= 15 is 0 Å². The normalized spacial score (nSPS) is 14.0. The molecule has 1 aliphatic carbocycles. The van der Waals surface area contributed by atoms with Gasteiger partial charge in [0.05, 0.1) is 12.7 Å². The number of amides is 1. The van der Waals surface area contributed by atoms with Crippen molar-refractivity contribution in [3.8, 4) is 16.9 Å². The highest BCUT2D eigenvalue weighted by molar-refractivity contribution is 5.80. The molecule has 0 bridgehead atoms. The van der Waals surface area contributed by atoms with Gasteiger partial charge < -0.3 is 25.0 Å². The zero-order chi connectivity index (χ0) is 23.4. The van der Waals surface area contributed by atoms with Crippen LogP contribution >= 0.6 is 0 Å². The van der Waals surface area contributed by atoms with Gasteiger partial charge in [-0.25, -0.2) is 4.79 Å². The highest BCUT2D eigenvalue weighted by atomic mass is 16.5. The molecule has 0 heterocycles. The summed E-state index contributed by atoms with van der Waals surface area (Å²) in [6, 6.07) is 20.6. The zero-order valence-corrected chi connectivity index (χ0v) is 18.1. The van der Waals surface area contributed by atoms with Crippen LogP contribution in [0.1, 0.15) is 39.1 Å². The molecule has 3 aromatic carbocycles. The van der Waals surface area contributed by atoms with Gasteiger partial charge in [0.25, 0.3) is 0 Å². The Morgan fingerprint density at radius 1 is 1.03 bits per heavy atom. The molecule has 0 fully saturated rings. The first-order valence-electron chi connectivity index (χ1n) is 10.6. The molecule has 0 saturated carbocycles. The smallest absolute Gasteiger partial charge is 0.407 e. The summed E-state index contributed by atoms with van der Waals surface area (Å²) < 4.78 is 10.6. The number of nitrogens with one attached hydrogen (secondary N) is 1. The summed E-state index contributed by atoms with van der Waals surface area (Å²) in [5, 5.41) is 23.2. The summed E-state index contributed by atoms with van der Waals surface area (Å²) in [4.78, 5) is 23.3. The third-order valence-corrected chi connectivity index (χ3v) is 5.89. The van der Waals surface area contributed by atoms with E-state index in [1.807, 2.05) is 36.4 Å². The monoisotopic (exact) mass is 447 g/mol. The van der Waals surface area contributed by atoms with Crippen LogP contribution in [0, 0.1) is 0 Å². The molecule has 0 aromatic heterocycles. The van der Waals surface area contributed by atoms with Gasteiger partial charge in [0.2, 0.25) is 0 Å². The number of aldehydes is 1. The number of carbonyl (C=O) groups is 2. The van der Waals surface area contributed by atoms with E-state index in [9.17, 15) is 19.8 Å². The fraction of sp³-hybridized carbons (Fsp3) is 0.231. The van der Waals surface area contributed by atoms with Crippen LogP contribution in [-0.2, 0) is 4.74 Å². The Hall–Kier alpha value is -3.68. The number of methoxy groups -OCH3 is 1. The highest BCUT2D eigenvalue weighted by Gasteiger charge is 2.29. The van der Waals surface area contributed by atoms with Crippen LogP contribution in [0.5, 0.6) is 5.75 Å². The minimum atomic E-state index is -1.28. The number of alkyl carbamates (subject to hydrolysis) is 1. The zero-order valence-electron chi connectivity index (χ0n) is 18.1. The highest BCUT2D eigenvalue weighted by Crippen LogP contribution is 2.44. The maximum Gasteiger partial charge on any atom is 0.407 e. The lowest BCUT2D eigenvalue weighted by atomic mass is 9.98. The van der Waals surface area contributed by atoms with Crippen LogP contribution in [0.15, 0.2) is 66.7 Å². The predicted octanol–water partition coefficient (Wildman–Crippen LogP) is 3.44. The lowest BCUT2D eigenvalue weighted by Crippen LogP contribution is -2.36. The first kappa shape index (κ1) is 22.5. The second kappa shape index (κ2) is 9.85. The fourth-order valence-electron chi connectivity index (χ4n) is 4.18. The minimum Gasteiger partial charge on any atom is -0.496 e. The van der Waals surface area contributed by atoms with Crippen LogP contribution in [0.3, 0.4) is 0 Å². The van der Waals surface area contributed by atoms with Gasteiger partial charge in [-0.2, -0.15) is 0 Å². The van der Waals surface area contributed by atoms with Crippen molar-refractivity contribution < 1.29 is 29.3 Å². The van der Waals surface area contributed by atoms with Crippen molar-refractivity contribution in [2.45, 2.75) is 18.1 Å². The topological polar surface area (TPSA) is 105 Å². The molecule has 7 nitrogen and oxygen atoms in total. The van der Waals surface area contributed by atoms with E-state index in [0.29, 0.717) is 23.2 Å². The number of aliphatic hydroxyl groups is 2. The van der Waals surface area contributed by atoms with Gasteiger partial charge in [-0.3, -0.25) is 4.79 Å². The quantitative estimate of drug-likeness (QED) is 0.457. The molecular formula is C26H25NO6. The molecule has 2 atom stereocenters. The van der Waals surface area contributed by atoms with Crippen LogP contribution in [0.2, 0.25) is 0 Å². The molecule has 0 aliphatic heterocycles. The Morgan fingerprint density at radius 3 is 2.27 bits per heavy atom. The molecule has 1 amide bonds. The number of rotatable bonds is 8. The summed E-state index contributed by atoms with van der Waals surface area (Å²) >= 11 is 0. The molecule has 2 unspecified atom stereocenters. The summed E-state index contributed by atoms with van der Waals surface area (Å²) in [6.45, 7) is -0.0571. The Kier molecular flexibility index (Phi) is 6.72. The number of fused-ring (bicyclic) bond motifs is 3. The van der Waals surface area contributed by atoms with Crippen LogP contribution < -0.4 is 10.1 Å². The molecule has 7 heteroatoms. The first-order valence-corrected chi connectivity index (χ1v) is 10.6. The molecule has 1 aliphatic rings. The average Bonchev–Trinajstić information content (AvgIpc) is 3.18. The van der Waals surface area contributed by atoms with E-state index in [2.05, 4.69) is 17.4 Å². The average molecular weight is 447 g/mol. The third kappa shape index (κ3) is 4.60. The number of hydrogen-bond acceptors (Lipinski definition) is 6. The lowest BCUT2D eigenvalue weighted by molar-refractivity contribution is 0.0184. The molecule has 0 spiro atoms. The summed E-state index contributed by atoms with van der Waals surface area (Å²) in [6.07, 6.45) is -2.60. The second-order valence-electron chi connectivity index (χ2n) is 7.84. The molecular weight excluding hydrogens is 422 g/mol. The van der Waals surface area contributed by atoms with E-state index in [0.717, 1.165) is 22.3 Å². The molecule has 0 saturated heterocycles. The fourth-order valence-corrected chi connectivity index (χ4v) is 4.18. The number of ether oxygens (including phenoxy) is 2. The molecule has 0 radical (unpaired) electrons. The third-order valence-electron chi connectivity index (χ3n) is 5.89. The van der Waals surface area contributed by atoms with Gasteiger partial charge in [0.15, 0.2) is 6.29 Å². The maximum atomic E-state index is 12.3. The number of benzene rings is 3. The van der Waals surface area contributed by atoms with Crippen LogP contribution in [0.4, 0.5) is 4.79 Å². The van der Waals surface area contributed by atoms with Crippen molar-refractivity contribution >= 4 is 12.4 Å². The van der Waals surface area contributed by atoms with Crippen molar-refractivity contribution in [2.24, 2.45) is 0 Å². The largest absolute Gasteiger partial charge is 0.496 e.